The van der Waals surface area contributed by atoms with Gasteiger partial charge in [0, 0.05) is 25.3 Å². The van der Waals surface area contributed by atoms with Crippen molar-refractivity contribution in [2.45, 2.75) is 19.4 Å². The van der Waals surface area contributed by atoms with Gasteiger partial charge in [-0.05, 0) is 38.1 Å². The van der Waals surface area contributed by atoms with Crippen molar-refractivity contribution in [3.05, 3.63) is 29.8 Å². The van der Waals surface area contributed by atoms with Gasteiger partial charge in [-0.2, -0.15) is 0 Å². The molecule has 1 fully saturated rings. The number of hydrogen-bond acceptors (Lipinski definition) is 3. The van der Waals surface area contributed by atoms with Crippen LogP contribution < -0.4 is 4.90 Å². The molecule has 1 saturated heterocycles. The van der Waals surface area contributed by atoms with Crippen LogP contribution in [0.15, 0.2) is 24.3 Å². The number of amides is 1. The Hall–Kier alpha value is -1.55. The van der Waals surface area contributed by atoms with Crippen molar-refractivity contribution < 1.29 is 9.53 Å². The van der Waals surface area contributed by atoms with E-state index in [2.05, 4.69) is 0 Å². The molecule has 0 bridgehead atoms. The zero-order valence-electron chi connectivity index (χ0n) is 11.4. The summed E-state index contributed by atoms with van der Waals surface area (Å²) in [5.41, 5.74) is 1.57. The monoisotopic (exact) mass is 248 g/mol. The van der Waals surface area contributed by atoms with Crippen molar-refractivity contribution in [2.75, 3.05) is 32.3 Å². The molecule has 1 aliphatic rings. The van der Waals surface area contributed by atoms with Gasteiger partial charge in [-0.1, -0.05) is 0 Å². The summed E-state index contributed by atoms with van der Waals surface area (Å²) in [5.74, 6) is 0.0304. The summed E-state index contributed by atoms with van der Waals surface area (Å²) in [5, 5.41) is 0. The van der Waals surface area contributed by atoms with Gasteiger partial charge < -0.3 is 14.5 Å². The highest BCUT2D eigenvalue weighted by Crippen LogP contribution is 2.24. The minimum Gasteiger partial charge on any atom is -0.378 e. The first-order chi connectivity index (χ1) is 8.42. The fraction of sp³-hybridized carbons (Fsp3) is 0.500. The molecule has 4 nitrogen and oxygen atoms in total. The topological polar surface area (TPSA) is 32.8 Å². The molecule has 4 heteroatoms. The maximum atomic E-state index is 12.4. The van der Waals surface area contributed by atoms with Gasteiger partial charge >= 0.3 is 0 Å². The highest BCUT2D eigenvalue weighted by atomic mass is 16.5. The van der Waals surface area contributed by atoms with Crippen LogP contribution in [0.3, 0.4) is 0 Å². The van der Waals surface area contributed by atoms with E-state index in [1.165, 1.54) is 0 Å². The van der Waals surface area contributed by atoms with Crippen LogP contribution in [-0.4, -0.2) is 43.8 Å². The lowest BCUT2D eigenvalue weighted by Crippen LogP contribution is -2.44. The van der Waals surface area contributed by atoms with Gasteiger partial charge in [0.25, 0.3) is 5.91 Å². The second-order valence-corrected chi connectivity index (χ2v) is 5.46. The summed E-state index contributed by atoms with van der Waals surface area (Å²) >= 11 is 0. The molecule has 0 spiro atoms. The molecule has 0 saturated carbocycles. The third kappa shape index (κ3) is 2.34. The van der Waals surface area contributed by atoms with Crippen LogP contribution in [0.2, 0.25) is 0 Å². The van der Waals surface area contributed by atoms with Crippen LogP contribution in [0.4, 0.5) is 5.69 Å². The summed E-state index contributed by atoms with van der Waals surface area (Å²) in [6.45, 7) is 5.01. The summed E-state index contributed by atoms with van der Waals surface area (Å²) in [4.78, 5) is 16.2. The third-order valence-corrected chi connectivity index (χ3v) is 3.28. The third-order valence-electron chi connectivity index (χ3n) is 3.28. The average Bonchev–Trinajstić information content (AvgIpc) is 2.68. The van der Waals surface area contributed by atoms with E-state index in [4.69, 9.17) is 4.74 Å². The molecule has 0 unspecified atom stereocenters. The van der Waals surface area contributed by atoms with Gasteiger partial charge in [-0.3, -0.25) is 4.79 Å². The van der Waals surface area contributed by atoms with Crippen molar-refractivity contribution in [1.29, 1.82) is 0 Å². The molecule has 1 aliphatic heterocycles. The molecule has 0 aromatic heterocycles. The maximum absolute atomic E-state index is 12.4. The van der Waals surface area contributed by atoms with Crippen molar-refractivity contribution in [3.8, 4) is 0 Å². The number of carbonyl (C=O) groups excluding carboxylic acids is 1. The lowest BCUT2D eigenvalue weighted by atomic mass is 10.0. The fourth-order valence-corrected chi connectivity index (χ4v) is 2.03. The summed E-state index contributed by atoms with van der Waals surface area (Å²) in [6, 6.07) is 7.65. The molecule has 98 valence electrons. The number of rotatable bonds is 2. The molecular formula is C14H20N2O2. The van der Waals surface area contributed by atoms with Gasteiger partial charge in [-0.15, -0.1) is 0 Å². The summed E-state index contributed by atoms with van der Waals surface area (Å²) in [6.07, 6.45) is 0. The number of anilines is 1. The Morgan fingerprint density at radius 3 is 2.33 bits per heavy atom. The van der Waals surface area contributed by atoms with Crippen molar-refractivity contribution in [3.63, 3.8) is 0 Å². The van der Waals surface area contributed by atoms with Gasteiger partial charge in [0.15, 0.2) is 0 Å². The highest BCUT2D eigenvalue weighted by Gasteiger charge is 2.36. The van der Waals surface area contributed by atoms with E-state index in [1.54, 1.807) is 4.90 Å². The zero-order chi connectivity index (χ0) is 13.3. The van der Waals surface area contributed by atoms with Crippen molar-refractivity contribution in [1.82, 2.24) is 4.90 Å². The zero-order valence-corrected chi connectivity index (χ0v) is 11.4. The Balaban J connectivity index is 2.19. The smallest absolute Gasteiger partial charge is 0.256 e. The molecule has 0 atom stereocenters. The molecule has 0 N–H and O–H groups in total. The van der Waals surface area contributed by atoms with E-state index < -0.39 is 0 Å². The molecule has 1 aromatic rings. The molecule has 0 radical (unpaired) electrons. The number of carbonyl (C=O) groups is 1. The minimum atomic E-state index is -0.225. The summed E-state index contributed by atoms with van der Waals surface area (Å²) < 4.78 is 5.37. The number of ether oxygens (including phenoxy) is 1. The molecule has 2 rings (SSSR count). The Bertz CT molecular complexity index is 438. The molecular weight excluding hydrogens is 228 g/mol. The Morgan fingerprint density at radius 2 is 1.89 bits per heavy atom. The van der Waals surface area contributed by atoms with Crippen molar-refractivity contribution >= 4 is 11.6 Å². The average molecular weight is 248 g/mol. The maximum Gasteiger partial charge on any atom is 0.256 e. The van der Waals surface area contributed by atoms with Crippen LogP contribution in [0.5, 0.6) is 0 Å². The first kappa shape index (κ1) is 12.9. The number of benzene rings is 1. The molecule has 1 heterocycles. The van der Waals surface area contributed by atoms with Gasteiger partial charge in [-0.25, -0.2) is 0 Å². The number of hydrogen-bond donors (Lipinski definition) is 0. The predicted octanol–water partition coefficient (Wildman–Crippen LogP) is 1.96. The largest absolute Gasteiger partial charge is 0.378 e. The second-order valence-electron chi connectivity index (χ2n) is 5.46. The molecule has 1 amide bonds. The van der Waals surface area contributed by atoms with Crippen LogP contribution in [0, 0.1) is 0 Å². The molecule has 0 aliphatic carbocycles. The SMILES string of the molecule is CN(C)c1ccc(C(=O)N2COCC2(C)C)cc1. The second kappa shape index (κ2) is 4.61. The normalized spacial score (nSPS) is 17.9. The highest BCUT2D eigenvalue weighted by molar-refractivity contribution is 5.95. The van der Waals surface area contributed by atoms with Crippen LogP contribution in [-0.2, 0) is 4.74 Å². The predicted molar refractivity (Wildman–Crippen MR) is 71.8 cm³/mol. The van der Waals surface area contributed by atoms with E-state index in [-0.39, 0.29) is 11.4 Å². The van der Waals surface area contributed by atoms with E-state index in [0.29, 0.717) is 18.9 Å². The first-order valence-electron chi connectivity index (χ1n) is 6.09. The Kier molecular flexibility index (Phi) is 3.30. The van der Waals surface area contributed by atoms with E-state index in [1.807, 2.05) is 57.1 Å². The number of nitrogens with zero attached hydrogens (tertiary/aromatic N) is 2. The van der Waals surface area contributed by atoms with Crippen LogP contribution in [0.1, 0.15) is 24.2 Å². The summed E-state index contributed by atoms with van der Waals surface area (Å²) in [7, 11) is 3.96. The van der Waals surface area contributed by atoms with Gasteiger partial charge in [0.05, 0.1) is 12.1 Å². The van der Waals surface area contributed by atoms with Crippen LogP contribution >= 0.6 is 0 Å². The Labute approximate surface area is 108 Å². The van der Waals surface area contributed by atoms with Crippen LogP contribution in [0.25, 0.3) is 0 Å². The lowest BCUT2D eigenvalue weighted by molar-refractivity contribution is 0.0605. The lowest BCUT2D eigenvalue weighted by Gasteiger charge is -2.29. The molecule has 18 heavy (non-hydrogen) atoms. The van der Waals surface area contributed by atoms with E-state index in [9.17, 15) is 4.79 Å². The van der Waals surface area contributed by atoms with E-state index in [0.717, 1.165) is 5.69 Å². The Morgan fingerprint density at radius 1 is 1.28 bits per heavy atom. The van der Waals surface area contributed by atoms with Gasteiger partial charge in [0.1, 0.15) is 6.73 Å². The van der Waals surface area contributed by atoms with Gasteiger partial charge in [0.2, 0.25) is 0 Å². The standard InChI is InChI=1S/C14H20N2O2/c1-14(2)9-18-10-16(14)13(17)11-5-7-12(8-6-11)15(3)4/h5-8H,9-10H2,1-4H3. The van der Waals surface area contributed by atoms with Crippen molar-refractivity contribution in [2.24, 2.45) is 0 Å². The first-order valence-corrected chi connectivity index (χ1v) is 6.09. The quantitative estimate of drug-likeness (QED) is 0.802. The molecule has 1 aromatic carbocycles. The fourth-order valence-electron chi connectivity index (χ4n) is 2.03. The minimum absolute atomic E-state index is 0.0304. The van der Waals surface area contributed by atoms with E-state index >= 15 is 0 Å².